The molecule has 0 radical (unpaired) electrons. The molecule has 1 aromatic carbocycles. The van der Waals surface area contributed by atoms with Crippen LogP contribution in [0, 0.1) is 0 Å². The average Bonchev–Trinajstić information content (AvgIpc) is 2.77. The number of sulfone groups is 2. The monoisotopic (exact) mass is 399 g/mol. The predicted molar refractivity (Wildman–Crippen MR) is 104 cm³/mol. The molecule has 1 heterocycles. The van der Waals surface area contributed by atoms with E-state index in [0.29, 0.717) is 0 Å². The lowest BCUT2D eigenvalue weighted by atomic mass is 10.1. The number of aryl methyl sites for hydroxylation is 1. The molecule has 2 aliphatic rings. The standard InChI is InChI=1S/C19H29NO4S2/c1-2-15-9-11-17(12-10-15)26(23,24)19-14-25(21,22)13-18(19)20-16-7-5-3-4-6-8-16/h9-12,16,18-20H,2-8,13-14H2,1H3/t18-,19+/m0/s1. The van der Waals surface area contributed by atoms with E-state index in [0.717, 1.165) is 37.7 Å². The smallest absolute Gasteiger partial charge is 0.183 e. The van der Waals surface area contributed by atoms with E-state index in [1.165, 1.54) is 12.8 Å². The lowest BCUT2D eigenvalue weighted by molar-refractivity contribution is 0.408. The molecule has 146 valence electrons. The van der Waals surface area contributed by atoms with Crippen LogP contribution in [0.15, 0.2) is 29.2 Å². The quantitative estimate of drug-likeness (QED) is 0.770. The van der Waals surface area contributed by atoms with Crippen LogP contribution in [0.2, 0.25) is 0 Å². The van der Waals surface area contributed by atoms with Gasteiger partial charge in [-0.15, -0.1) is 0 Å². The van der Waals surface area contributed by atoms with Gasteiger partial charge in [0.25, 0.3) is 0 Å². The van der Waals surface area contributed by atoms with Crippen LogP contribution in [0.3, 0.4) is 0 Å². The van der Waals surface area contributed by atoms with Crippen LogP contribution in [0.1, 0.15) is 51.0 Å². The summed E-state index contributed by atoms with van der Waals surface area (Å²) in [6, 6.07) is 6.55. The highest BCUT2D eigenvalue weighted by Crippen LogP contribution is 2.28. The molecule has 2 fully saturated rings. The molecule has 26 heavy (non-hydrogen) atoms. The van der Waals surface area contributed by atoms with Crippen molar-refractivity contribution in [2.45, 2.75) is 74.1 Å². The van der Waals surface area contributed by atoms with E-state index in [1.807, 2.05) is 19.1 Å². The van der Waals surface area contributed by atoms with Crippen LogP contribution in [0.25, 0.3) is 0 Å². The first-order valence-electron chi connectivity index (χ1n) is 9.61. The lowest BCUT2D eigenvalue weighted by Crippen LogP contribution is -2.47. The van der Waals surface area contributed by atoms with E-state index in [2.05, 4.69) is 5.32 Å². The highest BCUT2D eigenvalue weighted by Gasteiger charge is 2.46. The molecule has 3 rings (SSSR count). The molecular formula is C19H29NO4S2. The van der Waals surface area contributed by atoms with Crippen LogP contribution < -0.4 is 5.32 Å². The van der Waals surface area contributed by atoms with Crippen LogP contribution in [0.5, 0.6) is 0 Å². The third kappa shape index (κ3) is 4.49. The molecule has 0 bridgehead atoms. The van der Waals surface area contributed by atoms with Crippen LogP contribution in [-0.2, 0) is 26.1 Å². The molecule has 1 N–H and O–H groups in total. The Morgan fingerprint density at radius 2 is 1.62 bits per heavy atom. The summed E-state index contributed by atoms with van der Waals surface area (Å²) in [6.45, 7) is 2.01. The van der Waals surface area contributed by atoms with Gasteiger partial charge in [0.05, 0.1) is 21.7 Å². The Labute approximate surface area is 157 Å². The second-order valence-electron chi connectivity index (χ2n) is 7.62. The summed E-state index contributed by atoms with van der Waals surface area (Å²) in [5.41, 5.74) is 1.07. The summed E-state index contributed by atoms with van der Waals surface area (Å²) in [6.07, 6.45) is 7.46. The van der Waals surface area contributed by atoms with Crippen molar-refractivity contribution in [3.8, 4) is 0 Å². The first-order valence-corrected chi connectivity index (χ1v) is 13.0. The molecule has 1 aliphatic carbocycles. The van der Waals surface area contributed by atoms with Crippen LogP contribution in [0.4, 0.5) is 0 Å². The third-order valence-electron chi connectivity index (χ3n) is 5.66. The molecule has 7 heteroatoms. The van der Waals surface area contributed by atoms with Gasteiger partial charge in [-0.3, -0.25) is 0 Å². The van der Waals surface area contributed by atoms with E-state index >= 15 is 0 Å². The topological polar surface area (TPSA) is 80.3 Å². The number of rotatable bonds is 5. The summed E-state index contributed by atoms with van der Waals surface area (Å²) in [7, 11) is -7.04. The van der Waals surface area contributed by atoms with Crippen molar-refractivity contribution < 1.29 is 16.8 Å². The van der Waals surface area contributed by atoms with Gasteiger partial charge in [0.15, 0.2) is 19.7 Å². The molecule has 1 saturated carbocycles. The number of hydrogen-bond donors (Lipinski definition) is 1. The largest absolute Gasteiger partial charge is 0.309 e. The van der Waals surface area contributed by atoms with Crippen molar-refractivity contribution in [1.29, 1.82) is 0 Å². The predicted octanol–water partition coefficient (Wildman–Crippen LogP) is 2.50. The van der Waals surface area contributed by atoms with Gasteiger partial charge in [-0.1, -0.05) is 44.7 Å². The molecule has 0 aromatic heterocycles. The van der Waals surface area contributed by atoms with Gasteiger partial charge in [0, 0.05) is 12.1 Å². The summed E-state index contributed by atoms with van der Waals surface area (Å²) in [5, 5.41) is 2.50. The van der Waals surface area contributed by atoms with Gasteiger partial charge < -0.3 is 5.32 Å². The maximum absolute atomic E-state index is 13.1. The molecule has 5 nitrogen and oxygen atoms in total. The molecule has 1 saturated heterocycles. The maximum Gasteiger partial charge on any atom is 0.183 e. The zero-order chi connectivity index (χ0) is 18.8. The van der Waals surface area contributed by atoms with Gasteiger partial charge in [-0.2, -0.15) is 0 Å². The van der Waals surface area contributed by atoms with Crippen molar-refractivity contribution in [2.75, 3.05) is 11.5 Å². The van der Waals surface area contributed by atoms with E-state index < -0.39 is 31.0 Å². The Kier molecular flexibility index (Phi) is 6.09. The van der Waals surface area contributed by atoms with Crippen LogP contribution in [-0.4, -0.2) is 45.7 Å². The molecule has 2 atom stereocenters. The number of nitrogens with one attached hydrogen (secondary N) is 1. The molecule has 0 spiro atoms. The summed E-state index contributed by atoms with van der Waals surface area (Å²) in [5.74, 6) is -0.365. The zero-order valence-corrected chi connectivity index (χ0v) is 17.0. The fraction of sp³-hybridized carbons (Fsp3) is 0.684. The van der Waals surface area contributed by atoms with Crippen molar-refractivity contribution in [3.05, 3.63) is 29.8 Å². The Morgan fingerprint density at radius 1 is 1.00 bits per heavy atom. The highest BCUT2D eigenvalue weighted by atomic mass is 32.2. The first-order chi connectivity index (χ1) is 12.3. The van der Waals surface area contributed by atoms with E-state index in [4.69, 9.17) is 0 Å². The molecule has 0 amide bonds. The van der Waals surface area contributed by atoms with E-state index in [1.54, 1.807) is 12.1 Å². The Morgan fingerprint density at radius 3 is 2.19 bits per heavy atom. The van der Waals surface area contributed by atoms with Gasteiger partial charge in [0.1, 0.15) is 0 Å². The molecule has 0 unspecified atom stereocenters. The summed E-state index contributed by atoms with van der Waals surface area (Å²) >= 11 is 0. The average molecular weight is 400 g/mol. The normalized spacial score (nSPS) is 27.3. The van der Waals surface area contributed by atoms with Crippen LogP contribution >= 0.6 is 0 Å². The second-order valence-corrected chi connectivity index (χ2v) is 11.9. The fourth-order valence-electron chi connectivity index (χ4n) is 4.12. The number of hydrogen-bond acceptors (Lipinski definition) is 5. The van der Waals surface area contributed by atoms with Gasteiger partial charge in [-0.05, 0) is 37.0 Å². The number of benzene rings is 1. The molecule has 1 aliphatic heterocycles. The SMILES string of the molecule is CCc1ccc(S(=O)(=O)[C@@H]2CS(=O)(=O)C[C@@H]2NC2CCCCCC2)cc1. The van der Waals surface area contributed by atoms with E-state index in [9.17, 15) is 16.8 Å². The Balaban J connectivity index is 1.84. The minimum atomic E-state index is -3.69. The maximum atomic E-state index is 13.1. The Bertz CT molecular complexity index is 808. The summed E-state index contributed by atoms with van der Waals surface area (Å²) in [4.78, 5) is 0.226. The minimum absolute atomic E-state index is 0.0829. The van der Waals surface area contributed by atoms with Crippen molar-refractivity contribution >= 4 is 19.7 Å². The Hall–Kier alpha value is -0.920. The van der Waals surface area contributed by atoms with Gasteiger partial charge in [-0.25, -0.2) is 16.8 Å². The van der Waals surface area contributed by atoms with Crippen molar-refractivity contribution in [1.82, 2.24) is 5.32 Å². The summed E-state index contributed by atoms with van der Waals surface area (Å²) < 4.78 is 50.7. The lowest BCUT2D eigenvalue weighted by Gasteiger charge is -2.25. The fourth-order valence-corrected chi connectivity index (χ4v) is 8.79. The van der Waals surface area contributed by atoms with Gasteiger partial charge in [0.2, 0.25) is 0 Å². The highest BCUT2D eigenvalue weighted by molar-refractivity contribution is 7.96. The third-order valence-corrected chi connectivity index (χ3v) is 9.83. The van der Waals surface area contributed by atoms with E-state index in [-0.39, 0.29) is 22.4 Å². The molecular weight excluding hydrogens is 370 g/mol. The molecule has 1 aromatic rings. The zero-order valence-electron chi connectivity index (χ0n) is 15.4. The second kappa shape index (κ2) is 7.98. The van der Waals surface area contributed by atoms with Crippen molar-refractivity contribution in [2.24, 2.45) is 0 Å². The van der Waals surface area contributed by atoms with Crippen molar-refractivity contribution in [3.63, 3.8) is 0 Å². The van der Waals surface area contributed by atoms with Gasteiger partial charge >= 0.3 is 0 Å². The minimum Gasteiger partial charge on any atom is -0.309 e. The first kappa shape index (κ1) is 19.8.